The van der Waals surface area contributed by atoms with Gasteiger partial charge in [0.05, 0.1) is 0 Å². The third-order valence-electron chi connectivity index (χ3n) is 3.02. The summed E-state index contributed by atoms with van der Waals surface area (Å²) >= 11 is 3.54. The summed E-state index contributed by atoms with van der Waals surface area (Å²) in [5, 5.41) is 0.972. The Labute approximate surface area is 95.2 Å². The summed E-state index contributed by atoms with van der Waals surface area (Å²) in [6, 6.07) is 0. The van der Waals surface area contributed by atoms with E-state index in [9.17, 15) is 4.79 Å². The van der Waals surface area contributed by atoms with Crippen molar-refractivity contribution in [2.75, 3.05) is 18.4 Å². The van der Waals surface area contributed by atoms with Crippen molar-refractivity contribution in [3.05, 3.63) is 0 Å². The van der Waals surface area contributed by atoms with Gasteiger partial charge >= 0.3 is 0 Å². The van der Waals surface area contributed by atoms with Crippen LogP contribution in [0.15, 0.2) is 0 Å². The van der Waals surface area contributed by atoms with E-state index in [2.05, 4.69) is 36.7 Å². The number of alkyl halides is 1. The van der Waals surface area contributed by atoms with Crippen molar-refractivity contribution >= 4 is 21.8 Å². The molecular formula is C11H20BrNO. The number of nitrogens with zero attached hydrogens (tertiary/aromatic N) is 1. The normalized spacial score (nSPS) is 20.3. The molecule has 1 fully saturated rings. The molecule has 0 aromatic heterocycles. The van der Waals surface area contributed by atoms with E-state index in [1.807, 2.05) is 4.90 Å². The first-order valence-electron chi connectivity index (χ1n) is 5.29. The molecule has 0 N–H and O–H groups in total. The average molecular weight is 262 g/mol. The first kappa shape index (κ1) is 12.0. The molecule has 1 aliphatic rings. The van der Waals surface area contributed by atoms with Crippen LogP contribution in [-0.2, 0) is 4.79 Å². The first-order chi connectivity index (χ1) is 6.45. The minimum Gasteiger partial charge on any atom is -0.342 e. The van der Waals surface area contributed by atoms with Gasteiger partial charge in [-0.1, -0.05) is 36.7 Å². The molecule has 2 nitrogen and oxygen atoms in total. The fourth-order valence-electron chi connectivity index (χ4n) is 1.72. The molecular weight excluding hydrogens is 242 g/mol. The molecule has 1 saturated heterocycles. The number of carbonyl (C=O) groups is 1. The smallest absolute Gasteiger partial charge is 0.222 e. The standard InChI is InChI=1S/C11H20BrNO/c1-11(2,3)9(7-12)8-13-6-4-5-10(13)14/h9H,4-8H2,1-3H3. The van der Waals surface area contributed by atoms with Crippen molar-refractivity contribution < 1.29 is 4.79 Å². The number of likely N-dealkylation sites (tertiary alicyclic amines) is 1. The molecule has 0 bridgehead atoms. The highest BCUT2D eigenvalue weighted by Crippen LogP contribution is 2.29. The van der Waals surface area contributed by atoms with E-state index in [0.29, 0.717) is 11.8 Å². The second-order valence-electron chi connectivity index (χ2n) is 5.16. The summed E-state index contributed by atoms with van der Waals surface area (Å²) in [5.74, 6) is 0.879. The van der Waals surface area contributed by atoms with Crippen molar-refractivity contribution in [3.8, 4) is 0 Å². The van der Waals surface area contributed by atoms with Crippen LogP contribution >= 0.6 is 15.9 Å². The highest BCUT2D eigenvalue weighted by Gasteiger charge is 2.29. The Morgan fingerprint density at radius 3 is 2.50 bits per heavy atom. The number of carbonyl (C=O) groups excluding carboxylic acids is 1. The molecule has 0 aliphatic carbocycles. The Morgan fingerprint density at radius 2 is 2.14 bits per heavy atom. The molecule has 1 amide bonds. The third-order valence-corrected chi connectivity index (χ3v) is 3.80. The van der Waals surface area contributed by atoms with Gasteiger partial charge in [-0.15, -0.1) is 0 Å². The molecule has 1 rings (SSSR count). The Bertz CT molecular complexity index is 210. The number of hydrogen-bond acceptors (Lipinski definition) is 1. The fourth-order valence-corrected chi connectivity index (χ4v) is 2.89. The topological polar surface area (TPSA) is 20.3 Å². The van der Waals surface area contributed by atoms with Crippen molar-refractivity contribution in [2.45, 2.75) is 33.6 Å². The Kier molecular flexibility index (Phi) is 3.99. The maximum absolute atomic E-state index is 11.5. The van der Waals surface area contributed by atoms with Crippen LogP contribution in [0.4, 0.5) is 0 Å². The quantitative estimate of drug-likeness (QED) is 0.716. The van der Waals surface area contributed by atoms with Crippen molar-refractivity contribution in [2.24, 2.45) is 11.3 Å². The molecule has 0 aromatic carbocycles. The van der Waals surface area contributed by atoms with Crippen LogP contribution in [0.2, 0.25) is 0 Å². The van der Waals surface area contributed by atoms with Crippen LogP contribution in [0, 0.1) is 11.3 Å². The number of amides is 1. The average Bonchev–Trinajstić information content (AvgIpc) is 2.45. The minimum atomic E-state index is 0.270. The van der Waals surface area contributed by atoms with Crippen molar-refractivity contribution in [3.63, 3.8) is 0 Å². The molecule has 0 saturated carbocycles. The Hall–Kier alpha value is -0.0500. The second kappa shape index (κ2) is 4.65. The number of halogens is 1. The van der Waals surface area contributed by atoms with Gasteiger partial charge in [-0.2, -0.15) is 0 Å². The molecule has 1 heterocycles. The Balaban J connectivity index is 2.52. The van der Waals surface area contributed by atoms with Crippen LogP contribution in [0.5, 0.6) is 0 Å². The lowest BCUT2D eigenvalue weighted by Gasteiger charge is -2.32. The lowest BCUT2D eigenvalue weighted by Crippen LogP contribution is -2.37. The van der Waals surface area contributed by atoms with E-state index in [-0.39, 0.29) is 5.41 Å². The predicted molar refractivity (Wildman–Crippen MR) is 62.6 cm³/mol. The van der Waals surface area contributed by atoms with E-state index in [4.69, 9.17) is 0 Å². The zero-order valence-electron chi connectivity index (χ0n) is 9.35. The van der Waals surface area contributed by atoms with Gasteiger partial charge in [-0.25, -0.2) is 0 Å². The summed E-state index contributed by atoms with van der Waals surface area (Å²) in [6.45, 7) is 8.57. The van der Waals surface area contributed by atoms with Gasteiger partial charge in [0.15, 0.2) is 0 Å². The van der Waals surface area contributed by atoms with Crippen LogP contribution in [0.25, 0.3) is 0 Å². The van der Waals surface area contributed by atoms with Gasteiger partial charge in [0.2, 0.25) is 5.91 Å². The van der Waals surface area contributed by atoms with Crippen molar-refractivity contribution in [1.82, 2.24) is 4.90 Å². The molecule has 0 aromatic rings. The molecule has 1 aliphatic heterocycles. The lowest BCUT2D eigenvalue weighted by molar-refractivity contribution is -0.128. The molecule has 0 spiro atoms. The summed E-state index contributed by atoms with van der Waals surface area (Å²) < 4.78 is 0. The molecule has 14 heavy (non-hydrogen) atoms. The van der Waals surface area contributed by atoms with E-state index in [0.717, 1.165) is 31.3 Å². The predicted octanol–water partition coefficient (Wildman–Crippen LogP) is 2.67. The summed E-state index contributed by atoms with van der Waals surface area (Å²) in [4.78, 5) is 13.5. The maximum Gasteiger partial charge on any atom is 0.222 e. The summed E-state index contributed by atoms with van der Waals surface area (Å²) in [6.07, 6.45) is 1.79. The van der Waals surface area contributed by atoms with Gasteiger partial charge in [-0.05, 0) is 17.8 Å². The maximum atomic E-state index is 11.5. The van der Waals surface area contributed by atoms with E-state index < -0.39 is 0 Å². The highest BCUT2D eigenvalue weighted by molar-refractivity contribution is 9.09. The molecule has 1 atom stereocenters. The van der Waals surface area contributed by atoms with Gasteiger partial charge in [0.1, 0.15) is 0 Å². The lowest BCUT2D eigenvalue weighted by atomic mass is 9.82. The molecule has 3 heteroatoms. The minimum absolute atomic E-state index is 0.270. The second-order valence-corrected chi connectivity index (χ2v) is 5.81. The van der Waals surface area contributed by atoms with Gasteiger partial charge in [0.25, 0.3) is 0 Å². The number of rotatable bonds is 3. The van der Waals surface area contributed by atoms with Gasteiger partial charge in [-0.3, -0.25) is 4.79 Å². The zero-order chi connectivity index (χ0) is 10.8. The monoisotopic (exact) mass is 261 g/mol. The number of hydrogen-bond donors (Lipinski definition) is 0. The summed E-state index contributed by atoms with van der Waals surface area (Å²) in [7, 11) is 0. The van der Waals surface area contributed by atoms with Gasteiger partial charge < -0.3 is 4.90 Å². The third kappa shape index (κ3) is 2.97. The van der Waals surface area contributed by atoms with E-state index >= 15 is 0 Å². The van der Waals surface area contributed by atoms with Crippen LogP contribution in [-0.4, -0.2) is 29.2 Å². The SMILES string of the molecule is CC(C)(C)C(CBr)CN1CCCC1=O. The first-order valence-corrected chi connectivity index (χ1v) is 6.41. The van der Waals surface area contributed by atoms with Crippen LogP contribution in [0.1, 0.15) is 33.6 Å². The van der Waals surface area contributed by atoms with Crippen LogP contribution in [0.3, 0.4) is 0 Å². The zero-order valence-corrected chi connectivity index (χ0v) is 10.9. The molecule has 1 unspecified atom stereocenters. The van der Waals surface area contributed by atoms with Crippen LogP contribution < -0.4 is 0 Å². The Morgan fingerprint density at radius 1 is 1.50 bits per heavy atom. The largest absolute Gasteiger partial charge is 0.342 e. The van der Waals surface area contributed by atoms with Gasteiger partial charge in [0, 0.05) is 24.8 Å². The van der Waals surface area contributed by atoms with Crippen molar-refractivity contribution in [1.29, 1.82) is 0 Å². The fraction of sp³-hybridized carbons (Fsp3) is 0.909. The highest BCUT2D eigenvalue weighted by atomic mass is 79.9. The summed E-state index contributed by atoms with van der Waals surface area (Å²) in [5.41, 5.74) is 0.270. The van der Waals surface area contributed by atoms with E-state index in [1.165, 1.54) is 0 Å². The molecule has 0 radical (unpaired) electrons. The molecule has 82 valence electrons. The van der Waals surface area contributed by atoms with E-state index in [1.54, 1.807) is 0 Å².